The Morgan fingerprint density at radius 3 is 2.76 bits per heavy atom. The number of benzene rings is 1. The molecule has 1 aliphatic heterocycles. The Bertz CT molecular complexity index is 1250. The number of carbonyl (C=O) groups is 1. The lowest BCUT2D eigenvalue weighted by Crippen LogP contribution is -2.30. The van der Waals surface area contributed by atoms with Crippen LogP contribution in [0.4, 0.5) is 5.82 Å². The number of nitrogens with zero attached hydrogens (tertiary/aromatic N) is 6. The zero-order chi connectivity index (χ0) is 22.6. The number of nitrogens with one attached hydrogen (secondary N) is 2. The van der Waals surface area contributed by atoms with Crippen molar-refractivity contribution in [1.82, 2.24) is 35.3 Å². The fraction of sp³-hybridized carbons (Fsp3) is 0.348. The van der Waals surface area contributed by atoms with E-state index in [0.717, 1.165) is 46.4 Å². The zero-order valence-corrected chi connectivity index (χ0v) is 19.3. The maximum absolute atomic E-state index is 12.6. The van der Waals surface area contributed by atoms with Crippen LogP contribution >= 0.6 is 11.8 Å². The second kappa shape index (κ2) is 9.62. The van der Waals surface area contributed by atoms with Crippen LogP contribution in [0, 0.1) is 0 Å². The second-order valence-electron chi connectivity index (χ2n) is 7.98. The topological polar surface area (TPSA) is 105 Å². The highest BCUT2D eigenvalue weighted by molar-refractivity contribution is 7.98. The van der Waals surface area contributed by atoms with Gasteiger partial charge >= 0.3 is 0 Å². The van der Waals surface area contributed by atoms with Gasteiger partial charge in [0.2, 0.25) is 0 Å². The summed E-state index contributed by atoms with van der Waals surface area (Å²) in [6.07, 6.45) is 7.45. The molecule has 1 fully saturated rings. The number of hydrogen-bond acceptors (Lipinski definition) is 7. The molecule has 0 bridgehead atoms. The number of H-pyrrole nitrogens is 1. The van der Waals surface area contributed by atoms with Crippen molar-refractivity contribution >= 4 is 34.5 Å². The summed E-state index contributed by atoms with van der Waals surface area (Å²) >= 11 is 1.53. The van der Waals surface area contributed by atoms with Crippen LogP contribution in [0.25, 0.3) is 22.3 Å². The van der Waals surface area contributed by atoms with Gasteiger partial charge in [-0.15, -0.1) is 0 Å². The van der Waals surface area contributed by atoms with Gasteiger partial charge in [-0.25, -0.2) is 14.6 Å². The van der Waals surface area contributed by atoms with Gasteiger partial charge in [-0.2, -0.15) is 10.2 Å². The fourth-order valence-corrected chi connectivity index (χ4v) is 4.44. The first kappa shape index (κ1) is 21.4. The van der Waals surface area contributed by atoms with E-state index >= 15 is 0 Å². The number of carbonyl (C=O) groups excluding carboxylic acids is 1. The lowest BCUT2D eigenvalue weighted by Gasteiger charge is -2.28. The Hall–Kier alpha value is -3.40. The molecule has 33 heavy (non-hydrogen) atoms. The van der Waals surface area contributed by atoms with Gasteiger partial charge in [0.05, 0.1) is 23.8 Å². The van der Waals surface area contributed by atoms with Crippen molar-refractivity contribution in [3.05, 3.63) is 48.3 Å². The molecule has 170 valence electrons. The number of hydrogen-bond donors (Lipinski definition) is 2. The van der Waals surface area contributed by atoms with Crippen molar-refractivity contribution in [2.45, 2.75) is 31.0 Å². The summed E-state index contributed by atoms with van der Waals surface area (Å²) in [7, 11) is 0. The van der Waals surface area contributed by atoms with E-state index in [0.29, 0.717) is 18.8 Å². The van der Waals surface area contributed by atoms with Crippen LogP contribution in [-0.4, -0.2) is 61.7 Å². The minimum atomic E-state index is -0.199. The molecule has 0 radical (unpaired) electrons. The predicted octanol–water partition coefficient (Wildman–Crippen LogP) is 3.36. The van der Waals surface area contributed by atoms with E-state index in [2.05, 4.69) is 25.5 Å². The molecule has 1 aliphatic rings. The first-order chi connectivity index (χ1) is 16.2. The van der Waals surface area contributed by atoms with Gasteiger partial charge in [-0.05, 0) is 31.6 Å². The van der Waals surface area contributed by atoms with Gasteiger partial charge in [0.25, 0.3) is 5.91 Å². The molecular formula is C23H26N8OS. The average Bonchev–Trinajstić information content (AvgIpc) is 3.52. The Morgan fingerprint density at radius 1 is 1.15 bits per heavy atom. The molecule has 0 saturated carbocycles. The van der Waals surface area contributed by atoms with Crippen LogP contribution in [-0.2, 0) is 6.54 Å². The van der Waals surface area contributed by atoms with E-state index in [-0.39, 0.29) is 5.91 Å². The van der Waals surface area contributed by atoms with Crippen LogP contribution < -0.4 is 10.2 Å². The van der Waals surface area contributed by atoms with Crippen LogP contribution in [0.2, 0.25) is 0 Å². The number of piperidine rings is 1. The molecule has 0 aliphatic carbocycles. The molecule has 0 spiro atoms. The number of aromatic nitrogens is 6. The molecule has 1 saturated heterocycles. The lowest BCUT2D eigenvalue weighted by molar-refractivity contribution is 0.0947. The second-order valence-corrected chi connectivity index (χ2v) is 8.75. The minimum Gasteiger partial charge on any atom is -0.356 e. The lowest BCUT2D eigenvalue weighted by atomic mass is 10.1. The third-order valence-electron chi connectivity index (χ3n) is 5.79. The van der Waals surface area contributed by atoms with Crippen LogP contribution in [0.5, 0.6) is 0 Å². The number of amides is 1. The van der Waals surface area contributed by atoms with Crippen LogP contribution in [0.1, 0.15) is 29.8 Å². The summed E-state index contributed by atoms with van der Waals surface area (Å²) in [5.74, 6) is 0.764. The summed E-state index contributed by atoms with van der Waals surface area (Å²) in [5.41, 5.74) is 2.94. The number of aromatic amines is 1. The largest absolute Gasteiger partial charge is 0.356 e. The third kappa shape index (κ3) is 4.56. The van der Waals surface area contributed by atoms with Crippen molar-refractivity contribution in [3.8, 4) is 11.3 Å². The number of thioether (sulfide) groups is 1. The molecule has 10 heteroatoms. The number of fused-ring (bicyclic) bond motifs is 1. The van der Waals surface area contributed by atoms with Crippen molar-refractivity contribution < 1.29 is 4.79 Å². The smallest absolute Gasteiger partial charge is 0.269 e. The molecule has 5 rings (SSSR count). The van der Waals surface area contributed by atoms with Gasteiger partial charge in [0, 0.05) is 25.2 Å². The van der Waals surface area contributed by atoms with Crippen molar-refractivity contribution in [2.24, 2.45) is 0 Å². The quantitative estimate of drug-likeness (QED) is 0.320. The van der Waals surface area contributed by atoms with E-state index in [1.165, 1.54) is 31.0 Å². The molecule has 4 aromatic rings. The van der Waals surface area contributed by atoms with Gasteiger partial charge in [-0.3, -0.25) is 9.89 Å². The van der Waals surface area contributed by atoms with Gasteiger partial charge in [0.1, 0.15) is 11.5 Å². The van der Waals surface area contributed by atoms with Crippen molar-refractivity contribution in [1.29, 1.82) is 0 Å². The molecule has 4 heterocycles. The highest BCUT2D eigenvalue weighted by Gasteiger charge is 2.20. The van der Waals surface area contributed by atoms with E-state index in [4.69, 9.17) is 9.97 Å². The van der Waals surface area contributed by atoms with Gasteiger partial charge in [0.15, 0.2) is 10.8 Å². The maximum Gasteiger partial charge on any atom is 0.269 e. The Kier molecular flexibility index (Phi) is 6.25. The molecule has 1 aromatic carbocycles. The van der Waals surface area contributed by atoms with Crippen molar-refractivity contribution in [3.63, 3.8) is 0 Å². The highest BCUT2D eigenvalue weighted by Crippen LogP contribution is 2.28. The molecule has 0 unspecified atom stereocenters. The highest BCUT2D eigenvalue weighted by atomic mass is 32.2. The average molecular weight is 463 g/mol. The zero-order valence-electron chi connectivity index (χ0n) is 18.5. The Labute approximate surface area is 196 Å². The molecule has 1 amide bonds. The number of anilines is 1. The van der Waals surface area contributed by atoms with Crippen LogP contribution in [0.3, 0.4) is 0 Å². The molecular weight excluding hydrogens is 436 g/mol. The SMILES string of the molecule is CSc1nc(N2CCCCC2)c2cnn(CCNC(=O)c3cc(-c4ccccc4)n[nH]3)c2n1. The van der Waals surface area contributed by atoms with Crippen LogP contribution in [0.15, 0.2) is 47.8 Å². The summed E-state index contributed by atoms with van der Waals surface area (Å²) in [4.78, 5) is 24.4. The maximum atomic E-state index is 12.6. The van der Waals surface area contributed by atoms with Crippen molar-refractivity contribution in [2.75, 3.05) is 30.8 Å². The normalized spacial score (nSPS) is 14.0. The molecule has 0 atom stereocenters. The summed E-state index contributed by atoms with van der Waals surface area (Å²) in [6, 6.07) is 11.5. The summed E-state index contributed by atoms with van der Waals surface area (Å²) in [6.45, 7) is 2.96. The molecule has 2 N–H and O–H groups in total. The van der Waals surface area contributed by atoms with E-state index in [1.807, 2.05) is 47.5 Å². The third-order valence-corrected chi connectivity index (χ3v) is 6.34. The van der Waals surface area contributed by atoms with E-state index < -0.39 is 0 Å². The predicted molar refractivity (Wildman–Crippen MR) is 130 cm³/mol. The first-order valence-electron chi connectivity index (χ1n) is 11.1. The summed E-state index contributed by atoms with van der Waals surface area (Å²) < 4.78 is 1.84. The minimum absolute atomic E-state index is 0.199. The molecule has 3 aromatic heterocycles. The summed E-state index contributed by atoms with van der Waals surface area (Å²) in [5, 5.41) is 16.3. The Morgan fingerprint density at radius 2 is 1.97 bits per heavy atom. The van der Waals surface area contributed by atoms with Gasteiger partial charge in [-0.1, -0.05) is 42.1 Å². The Balaban J connectivity index is 1.28. The fourth-order valence-electron chi connectivity index (χ4n) is 4.09. The van der Waals surface area contributed by atoms with Gasteiger partial charge < -0.3 is 10.2 Å². The van der Waals surface area contributed by atoms with E-state index in [9.17, 15) is 4.79 Å². The standard InChI is InChI=1S/C23H26N8OS/c1-33-23-26-20(30-11-6-3-7-12-30)17-15-25-31(21(17)27-23)13-10-24-22(32)19-14-18(28-29-19)16-8-4-2-5-9-16/h2,4-5,8-9,14-15H,3,6-7,10-13H2,1H3,(H,24,32)(H,28,29). The first-order valence-corrected chi connectivity index (χ1v) is 12.4. The number of rotatable bonds is 7. The van der Waals surface area contributed by atoms with E-state index in [1.54, 1.807) is 6.07 Å². The monoisotopic (exact) mass is 462 g/mol. The molecule has 9 nitrogen and oxygen atoms in total.